The van der Waals surface area contributed by atoms with Gasteiger partial charge in [-0.3, -0.25) is 9.69 Å². The molecule has 1 aromatic carbocycles. The van der Waals surface area contributed by atoms with Crippen LogP contribution in [-0.4, -0.2) is 25.7 Å². The van der Waals surface area contributed by atoms with Crippen molar-refractivity contribution in [1.29, 1.82) is 0 Å². The first-order valence-electron chi connectivity index (χ1n) is 4.57. The van der Waals surface area contributed by atoms with Crippen molar-refractivity contribution in [2.75, 3.05) is 23.9 Å². The number of nitrogens with zero attached hydrogens (tertiary/aromatic N) is 1. The van der Waals surface area contributed by atoms with Crippen LogP contribution in [0.1, 0.15) is 0 Å². The molecule has 1 heterocycles. The molecule has 0 radical (unpaired) electrons. The normalized spacial score (nSPS) is 14.1. The van der Waals surface area contributed by atoms with E-state index >= 15 is 0 Å². The SMILES string of the molecule is COC(=O)N1CC(=O)Nc2cccc(F)c21. The van der Waals surface area contributed by atoms with E-state index in [0.717, 1.165) is 4.90 Å². The van der Waals surface area contributed by atoms with E-state index in [1.165, 1.54) is 25.3 Å². The zero-order valence-corrected chi connectivity index (χ0v) is 8.49. The molecule has 2 rings (SSSR count). The Bertz CT molecular complexity index is 461. The average Bonchev–Trinajstić information content (AvgIpc) is 2.27. The van der Waals surface area contributed by atoms with Gasteiger partial charge in [-0.2, -0.15) is 0 Å². The number of rotatable bonds is 0. The van der Waals surface area contributed by atoms with Gasteiger partial charge in [-0.15, -0.1) is 0 Å². The summed E-state index contributed by atoms with van der Waals surface area (Å²) >= 11 is 0. The van der Waals surface area contributed by atoms with Gasteiger partial charge in [-0.1, -0.05) is 6.07 Å². The summed E-state index contributed by atoms with van der Waals surface area (Å²) in [5, 5.41) is 2.48. The van der Waals surface area contributed by atoms with Crippen molar-refractivity contribution in [3.05, 3.63) is 24.0 Å². The molecule has 0 aliphatic carbocycles. The number of methoxy groups -OCH3 is 1. The van der Waals surface area contributed by atoms with Crippen LogP contribution in [0.4, 0.5) is 20.6 Å². The lowest BCUT2D eigenvalue weighted by Crippen LogP contribution is -2.42. The van der Waals surface area contributed by atoms with Gasteiger partial charge in [0, 0.05) is 0 Å². The van der Waals surface area contributed by atoms with Gasteiger partial charge < -0.3 is 10.1 Å². The fourth-order valence-electron chi connectivity index (χ4n) is 1.57. The Labute approximate surface area is 90.8 Å². The average molecular weight is 224 g/mol. The van der Waals surface area contributed by atoms with Crippen LogP contribution in [-0.2, 0) is 9.53 Å². The molecule has 0 aromatic heterocycles. The molecule has 2 amide bonds. The molecule has 16 heavy (non-hydrogen) atoms. The predicted molar refractivity (Wildman–Crippen MR) is 54.8 cm³/mol. The third-order valence-electron chi connectivity index (χ3n) is 2.23. The number of amides is 2. The highest BCUT2D eigenvalue weighted by atomic mass is 19.1. The summed E-state index contributed by atoms with van der Waals surface area (Å²) in [5.41, 5.74) is 0.301. The minimum atomic E-state index is -0.763. The first kappa shape index (κ1) is 10.4. The monoisotopic (exact) mass is 224 g/mol. The summed E-state index contributed by atoms with van der Waals surface area (Å²) in [4.78, 5) is 23.6. The van der Waals surface area contributed by atoms with Crippen LogP contribution in [0, 0.1) is 5.82 Å². The lowest BCUT2D eigenvalue weighted by atomic mass is 10.2. The Morgan fingerprint density at radius 2 is 2.31 bits per heavy atom. The van der Waals surface area contributed by atoms with Gasteiger partial charge in [-0.25, -0.2) is 9.18 Å². The molecule has 0 saturated carbocycles. The Morgan fingerprint density at radius 1 is 1.56 bits per heavy atom. The molecule has 5 nitrogen and oxygen atoms in total. The molecule has 1 aromatic rings. The largest absolute Gasteiger partial charge is 0.452 e. The fourth-order valence-corrected chi connectivity index (χ4v) is 1.57. The van der Waals surface area contributed by atoms with Gasteiger partial charge in [0.1, 0.15) is 18.0 Å². The smallest absolute Gasteiger partial charge is 0.414 e. The predicted octanol–water partition coefficient (Wildman–Crippen LogP) is 1.35. The molecule has 0 spiro atoms. The molecule has 0 atom stereocenters. The van der Waals surface area contributed by atoms with Gasteiger partial charge in [0.05, 0.1) is 12.8 Å². The zero-order valence-electron chi connectivity index (χ0n) is 8.49. The van der Waals surface area contributed by atoms with Crippen LogP contribution in [0.5, 0.6) is 0 Å². The summed E-state index contributed by atoms with van der Waals surface area (Å²) < 4.78 is 18.0. The van der Waals surface area contributed by atoms with E-state index in [4.69, 9.17) is 0 Å². The number of ether oxygens (including phenoxy) is 1. The summed E-state index contributed by atoms with van der Waals surface area (Å²) in [5.74, 6) is -0.966. The maximum absolute atomic E-state index is 13.5. The molecule has 1 aliphatic heterocycles. The number of carbonyl (C=O) groups excluding carboxylic acids is 2. The van der Waals surface area contributed by atoms with Gasteiger partial charge in [0.15, 0.2) is 0 Å². The number of halogens is 1. The number of nitrogens with one attached hydrogen (secondary N) is 1. The number of fused-ring (bicyclic) bond motifs is 1. The number of hydrogen-bond acceptors (Lipinski definition) is 3. The van der Waals surface area contributed by atoms with Crippen molar-refractivity contribution in [2.24, 2.45) is 0 Å². The van der Waals surface area contributed by atoms with E-state index in [-0.39, 0.29) is 23.8 Å². The van der Waals surface area contributed by atoms with E-state index in [0.29, 0.717) is 0 Å². The lowest BCUT2D eigenvalue weighted by molar-refractivity contribution is -0.115. The third kappa shape index (κ3) is 1.58. The second-order valence-corrected chi connectivity index (χ2v) is 3.24. The van der Waals surface area contributed by atoms with Crippen molar-refractivity contribution >= 4 is 23.4 Å². The van der Waals surface area contributed by atoms with Crippen LogP contribution in [0.15, 0.2) is 18.2 Å². The highest BCUT2D eigenvalue weighted by Crippen LogP contribution is 2.32. The topological polar surface area (TPSA) is 58.6 Å². The number of hydrogen-bond donors (Lipinski definition) is 1. The highest BCUT2D eigenvalue weighted by Gasteiger charge is 2.29. The maximum Gasteiger partial charge on any atom is 0.414 e. The number of carbonyl (C=O) groups is 2. The van der Waals surface area contributed by atoms with Crippen LogP contribution in [0.3, 0.4) is 0 Å². The minimum Gasteiger partial charge on any atom is -0.452 e. The van der Waals surface area contributed by atoms with Crippen LogP contribution >= 0.6 is 0 Å². The van der Waals surface area contributed by atoms with Crippen molar-refractivity contribution in [2.45, 2.75) is 0 Å². The van der Waals surface area contributed by atoms with Crippen molar-refractivity contribution in [3.63, 3.8) is 0 Å². The zero-order chi connectivity index (χ0) is 11.7. The number of benzene rings is 1. The standard InChI is InChI=1S/C10H9FN2O3/c1-16-10(15)13-5-8(14)12-7-4-2-3-6(11)9(7)13/h2-4H,5H2,1H3,(H,12,14). The maximum atomic E-state index is 13.5. The van der Waals surface area contributed by atoms with Crippen LogP contribution in [0.2, 0.25) is 0 Å². The molecular formula is C10H9FN2O3. The summed E-state index contributed by atoms with van der Waals surface area (Å²) in [6.07, 6.45) is -0.763. The lowest BCUT2D eigenvalue weighted by Gasteiger charge is -2.28. The molecular weight excluding hydrogens is 215 g/mol. The first-order chi connectivity index (χ1) is 7.63. The Morgan fingerprint density at radius 3 is 3.00 bits per heavy atom. The number of anilines is 2. The molecule has 1 aliphatic rings. The van der Waals surface area contributed by atoms with Crippen molar-refractivity contribution < 1.29 is 18.7 Å². The van der Waals surface area contributed by atoms with E-state index in [2.05, 4.69) is 10.1 Å². The molecule has 0 unspecified atom stereocenters. The Hall–Kier alpha value is -2.11. The summed E-state index contributed by atoms with van der Waals surface area (Å²) in [6.45, 7) is -0.249. The summed E-state index contributed by atoms with van der Waals surface area (Å²) in [7, 11) is 1.18. The molecule has 84 valence electrons. The Kier molecular flexibility index (Phi) is 2.47. The second-order valence-electron chi connectivity index (χ2n) is 3.24. The van der Waals surface area contributed by atoms with E-state index < -0.39 is 11.9 Å². The summed E-state index contributed by atoms with van der Waals surface area (Å²) in [6, 6.07) is 4.19. The van der Waals surface area contributed by atoms with Gasteiger partial charge in [-0.05, 0) is 12.1 Å². The molecule has 0 saturated heterocycles. The van der Waals surface area contributed by atoms with Crippen LogP contribution < -0.4 is 10.2 Å². The van der Waals surface area contributed by atoms with E-state index in [1.54, 1.807) is 0 Å². The van der Waals surface area contributed by atoms with Gasteiger partial charge in [0.2, 0.25) is 5.91 Å². The third-order valence-corrected chi connectivity index (χ3v) is 2.23. The van der Waals surface area contributed by atoms with E-state index in [1.807, 2.05) is 0 Å². The molecule has 0 fully saturated rings. The molecule has 6 heteroatoms. The highest BCUT2D eigenvalue weighted by molar-refractivity contribution is 6.08. The molecule has 1 N–H and O–H groups in total. The number of para-hydroxylation sites is 1. The van der Waals surface area contributed by atoms with Crippen molar-refractivity contribution in [1.82, 2.24) is 0 Å². The first-order valence-corrected chi connectivity index (χ1v) is 4.57. The van der Waals surface area contributed by atoms with E-state index in [9.17, 15) is 14.0 Å². The fraction of sp³-hybridized carbons (Fsp3) is 0.200. The van der Waals surface area contributed by atoms with Gasteiger partial charge >= 0.3 is 6.09 Å². The molecule has 0 bridgehead atoms. The van der Waals surface area contributed by atoms with Crippen molar-refractivity contribution in [3.8, 4) is 0 Å². The van der Waals surface area contributed by atoms with Gasteiger partial charge in [0.25, 0.3) is 0 Å². The Balaban J connectivity index is 2.51. The quantitative estimate of drug-likeness (QED) is 0.723. The minimum absolute atomic E-state index is 0.0361. The second kappa shape index (κ2) is 3.80. The van der Waals surface area contributed by atoms with Crippen LogP contribution in [0.25, 0.3) is 0 Å².